The van der Waals surface area contributed by atoms with Crippen LogP contribution in [0, 0.1) is 0 Å². The maximum absolute atomic E-state index is 5.94. The number of hydrogen-bond acceptors (Lipinski definition) is 4. The van der Waals surface area contributed by atoms with Gasteiger partial charge in [-0.2, -0.15) is 0 Å². The van der Waals surface area contributed by atoms with E-state index in [1.54, 1.807) is 7.11 Å². The molecule has 18 heavy (non-hydrogen) atoms. The van der Waals surface area contributed by atoms with E-state index in [4.69, 9.17) is 15.2 Å². The molecule has 0 saturated carbocycles. The van der Waals surface area contributed by atoms with Gasteiger partial charge in [0.05, 0.1) is 7.11 Å². The highest BCUT2D eigenvalue weighted by Crippen LogP contribution is 2.17. The largest absolute Gasteiger partial charge is 0.497 e. The topological polar surface area (TPSA) is 47.7 Å². The van der Waals surface area contributed by atoms with E-state index in [2.05, 4.69) is 4.90 Å². The van der Waals surface area contributed by atoms with Crippen LogP contribution in [0.2, 0.25) is 0 Å². The fourth-order valence-corrected chi connectivity index (χ4v) is 2.26. The van der Waals surface area contributed by atoms with Gasteiger partial charge in [-0.3, -0.25) is 4.90 Å². The summed E-state index contributed by atoms with van der Waals surface area (Å²) in [5, 5.41) is 0. The zero-order valence-corrected chi connectivity index (χ0v) is 11.0. The fraction of sp³-hybridized carbons (Fsp3) is 0.571. The Bertz CT molecular complexity index is 353. The summed E-state index contributed by atoms with van der Waals surface area (Å²) in [5.74, 6) is 1.74. The van der Waals surface area contributed by atoms with Crippen LogP contribution in [0.3, 0.4) is 0 Å². The van der Waals surface area contributed by atoms with Crippen LogP contribution in [-0.2, 0) is 0 Å². The van der Waals surface area contributed by atoms with Crippen LogP contribution in [0.4, 0.5) is 0 Å². The van der Waals surface area contributed by atoms with Gasteiger partial charge in [0.25, 0.3) is 0 Å². The number of methoxy groups -OCH3 is 1. The van der Waals surface area contributed by atoms with Gasteiger partial charge in [-0.1, -0.05) is 0 Å². The summed E-state index contributed by atoms with van der Waals surface area (Å²) in [6.45, 7) is 3.78. The molecule has 1 aliphatic heterocycles. The second kappa shape index (κ2) is 6.61. The maximum Gasteiger partial charge on any atom is 0.119 e. The molecule has 4 nitrogen and oxygen atoms in total. The molecule has 0 aliphatic carbocycles. The summed E-state index contributed by atoms with van der Waals surface area (Å²) in [6.07, 6.45) is 2.35. The quantitative estimate of drug-likeness (QED) is 0.860. The lowest BCUT2D eigenvalue weighted by atomic mass is 10.1. The molecule has 1 fully saturated rings. The van der Waals surface area contributed by atoms with Crippen LogP contribution in [-0.4, -0.2) is 44.3 Å². The van der Waals surface area contributed by atoms with Crippen molar-refractivity contribution in [2.75, 3.05) is 33.4 Å². The average Bonchev–Trinajstić information content (AvgIpc) is 2.40. The van der Waals surface area contributed by atoms with Crippen molar-refractivity contribution >= 4 is 0 Å². The van der Waals surface area contributed by atoms with Gasteiger partial charge in [0, 0.05) is 19.1 Å². The van der Waals surface area contributed by atoms with Crippen LogP contribution >= 0.6 is 0 Å². The van der Waals surface area contributed by atoms with Crippen molar-refractivity contribution in [3.05, 3.63) is 24.3 Å². The highest BCUT2D eigenvalue weighted by Gasteiger charge is 2.15. The van der Waals surface area contributed by atoms with E-state index in [-0.39, 0.29) is 0 Å². The van der Waals surface area contributed by atoms with Gasteiger partial charge in [-0.25, -0.2) is 0 Å². The van der Waals surface area contributed by atoms with Gasteiger partial charge in [-0.15, -0.1) is 0 Å². The monoisotopic (exact) mass is 250 g/mol. The molecule has 0 amide bonds. The van der Waals surface area contributed by atoms with Crippen LogP contribution in [0.25, 0.3) is 0 Å². The van der Waals surface area contributed by atoms with Crippen molar-refractivity contribution in [3.8, 4) is 11.5 Å². The highest BCUT2D eigenvalue weighted by atomic mass is 16.5. The first-order valence-electron chi connectivity index (χ1n) is 6.53. The van der Waals surface area contributed by atoms with Gasteiger partial charge in [0.1, 0.15) is 18.1 Å². The fourth-order valence-electron chi connectivity index (χ4n) is 2.26. The molecule has 100 valence electrons. The predicted octanol–water partition coefficient (Wildman–Crippen LogP) is 1.50. The number of hydrogen-bond donors (Lipinski definition) is 1. The number of benzene rings is 1. The van der Waals surface area contributed by atoms with Gasteiger partial charge >= 0.3 is 0 Å². The summed E-state index contributed by atoms with van der Waals surface area (Å²) in [7, 11) is 1.66. The first kappa shape index (κ1) is 13.2. The molecule has 1 aromatic rings. The highest BCUT2D eigenvalue weighted by molar-refractivity contribution is 5.31. The molecule has 1 atom stereocenters. The third-order valence-electron chi connectivity index (χ3n) is 3.28. The van der Waals surface area contributed by atoms with E-state index in [0.29, 0.717) is 12.6 Å². The molecule has 1 aliphatic rings. The SMILES string of the molecule is COc1ccc(OCCN2CCC[C@@H](N)C2)cc1. The summed E-state index contributed by atoms with van der Waals surface area (Å²) in [6, 6.07) is 8.01. The number of likely N-dealkylation sites (tertiary alicyclic amines) is 1. The van der Waals surface area contributed by atoms with Crippen molar-refractivity contribution in [2.24, 2.45) is 5.73 Å². The smallest absolute Gasteiger partial charge is 0.119 e. The molecule has 1 saturated heterocycles. The molecule has 0 aromatic heterocycles. The lowest BCUT2D eigenvalue weighted by molar-refractivity contribution is 0.171. The number of ether oxygens (including phenoxy) is 2. The molecule has 0 bridgehead atoms. The number of nitrogens with zero attached hydrogens (tertiary/aromatic N) is 1. The summed E-state index contributed by atoms with van der Waals surface area (Å²) in [5.41, 5.74) is 5.94. The Labute approximate surface area is 109 Å². The van der Waals surface area contributed by atoms with Crippen LogP contribution < -0.4 is 15.2 Å². The molecule has 0 radical (unpaired) electrons. The van der Waals surface area contributed by atoms with E-state index < -0.39 is 0 Å². The molecular weight excluding hydrogens is 228 g/mol. The lowest BCUT2D eigenvalue weighted by Gasteiger charge is -2.30. The molecule has 1 heterocycles. The van der Waals surface area contributed by atoms with Crippen molar-refractivity contribution in [1.29, 1.82) is 0 Å². The first-order chi connectivity index (χ1) is 8.78. The standard InChI is InChI=1S/C14H22N2O2/c1-17-13-4-6-14(7-5-13)18-10-9-16-8-2-3-12(15)11-16/h4-7,12H,2-3,8-11,15H2,1H3/t12-/m1/s1. The van der Waals surface area contributed by atoms with E-state index in [1.165, 1.54) is 6.42 Å². The van der Waals surface area contributed by atoms with E-state index in [9.17, 15) is 0 Å². The third-order valence-corrected chi connectivity index (χ3v) is 3.28. The van der Waals surface area contributed by atoms with Gasteiger partial charge in [-0.05, 0) is 43.7 Å². The Morgan fingerprint density at radius 1 is 1.28 bits per heavy atom. The van der Waals surface area contributed by atoms with Crippen LogP contribution in [0.15, 0.2) is 24.3 Å². The minimum absolute atomic E-state index is 0.333. The van der Waals surface area contributed by atoms with Crippen molar-refractivity contribution in [3.63, 3.8) is 0 Å². The van der Waals surface area contributed by atoms with Crippen LogP contribution in [0.5, 0.6) is 11.5 Å². The minimum Gasteiger partial charge on any atom is -0.497 e. The van der Waals surface area contributed by atoms with Crippen molar-refractivity contribution < 1.29 is 9.47 Å². The Balaban J connectivity index is 1.70. The lowest BCUT2D eigenvalue weighted by Crippen LogP contribution is -2.44. The zero-order chi connectivity index (χ0) is 12.8. The normalized spacial score (nSPS) is 20.7. The summed E-state index contributed by atoms with van der Waals surface area (Å²) in [4.78, 5) is 2.37. The van der Waals surface area contributed by atoms with E-state index >= 15 is 0 Å². The zero-order valence-electron chi connectivity index (χ0n) is 11.0. The molecule has 4 heteroatoms. The Morgan fingerprint density at radius 3 is 2.67 bits per heavy atom. The number of piperidine rings is 1. The van der Waals surface area contributed by atoms with Crippen LogP contribution in [0.1, 0.15) is 12.8 Å². The molecule has 0 unspecified atom stereocenters. The minimum atomic E-state index is 0.333. The van der Waals surface area contributed by atoms with Gasteiger partial charge < -0.3 is 15.2 Å². The average molecular weight is 250 g/mol. The molecule has 0 spiro atoms. The van der Waals surface area contributed by atoms with Gasteiger partial charge in [0.2, 0.25) is 0 Å². The third kappa shape index (κ3) is 3.89. The van der Waals surface area contributed by atoms with E-state index in [0.717, 1.165) is 37.6 Å². The van der Waals surface area contributed by atoms with Crippen molar-refractivity contribution in [2.45, 2.75) is 18.9 Å². The first-order valence-corrected chi connectivity index (χ1v) is 6.53. The molecule has 2 N–H and O–H groups in total. The summed E-state index contributed by atoms with van der Waals surface area (Å²) < 4.78 is 10.8. The second-order valence-electron chi connectivity index (χ2n) is 4.73. The predicted molar refractivity (Wildman–Crippen MR) is 72.1 cm³/mol. The van der Waals surface area contributed by atoms with E-state index in [1.807, 2.05) is 24.3 Å². The number of rotatable bonds is 5. The summed E-state index contributed by atoms with van der Waals surface area (Å²) >= 11 is 0. The second-order valence-corrected chi connectivity index (χ2v) is 4.73. The Hall–Kier alpha value is -1.26. The van der Waals surface area contributed by atoms with Gasteiger partial charge in [0.15, 0.2) is 0 Å². The van der Waals surface area contributed by atoms with Crippen molar-refractivity contribution in [1.82, 2.24) is 4.90 Å². The molecule has 2 rings (SSSR count). The Morgan fingerprint density at radius 2 is 2.00 bits per heavy atom. The number of nitrogens with two attached hydrogens (primary N) is 1. The molecule has 1 aromatic carbocycles. The molecular formula is C14H22N2O2. The maximum atomic E-state index is 5.94. The Kier molecular flexibility index (Phi) is 4.84.